The Hall–Kier alpha value is -3.27. The number of ether oxygens (including phenoxy) is 1. The first-order valence-electron chi connectivity index (χ1n) is 10.0. The lowest BCUT2D eigenvalue weighted by molar-refractivity contribution is -0.137. The number of nitrogen functional groups attached to an aromatic ring is 1. The summed E-state index contributed by atoms with van der Waals surface area (Å²) < 4.78 is 58.5. The van der Waals surface area contributed by atoms with E-state index in [4.69, 9.17) is 10.5 Å². The van der Waals surface area contributed by atoms with Crippen molar-refractivity contribution >= 4 is 22.6 Å². The van der Waals surface area contributed by atoms with Crippen LogP contribution in [0, 0.1) is 5.82 Å². The normalized spacial score (nSPS) is 18.4. The van der Waals surface area contributed by atoms with Gasteiger partial charge in [-0.2, -0.15) is 13.2 Å². The van der Waals surface area contributed by atoms with E-state index in [2.05, 4.69) is 9.97 Å². The van der Waals surface area contributed by atoms with Crippen LogP contribution in [0.4, 0.5) is 23.4 Å². The van der Waals surface area contributed by atoms with Crippen LogP contribution in [0.25, 0.3) is 10.9 Å². The van der Waals surface area contributed by atoms with E-state index in [-0.39, 0.29) is 23.8 Å². The number of hydrogen-bond donors (Lipinski definition) is 1. The summed E-state index contributed by atoms with van der Waals surface area (Å²) in [5, 5.41) is 0.622. The Labute approximate surface area is 180 Å². The van der Waals surface area contributed by atoms with Gasteiger partial charge in [0, 0.05) is 47.9 Å². The number of pyridine rings is 2. The van der Waals surface area contributed by atoms with Gasteiger partial charge in [-0.3, -0.25) is 9.78 Å². The zero-order chi connectivity index (χ0) is 22.6. The SMILES string of the molecule is Nc1nc2cc(F)c(C(=O)N3CC[C@@H](c4ccc(C(F)(F)F)cn4)C3)cc2c2c1COC2. The number of benzene rings is 1. The second-order valence-corrected chi connectivity index (χ2v) is 8.00. The van der Waals surface area contributed by atoms with Crippen LogP contribution < -0.4 is 5.73 Å². The van der Waals surface area contributed by atoms with E-state index in [9.17, 15) is 22.4 Å². The summed E-state index contributed by atoms with van der Waals surface area (Å²) in [6.45, 7) is 1.22. The summed E-state index contributed by atoms with van der Waals surface area (Å²) in [6, 6.07) is 4.99. The van der Waals surface area contributed by atoms with Crippen molar-refractivity contribution in [1.29, 1.82) is 0 Å². The molecule has 3 aromatic rings. The number of anilines is 1. The minimum atomic E-state index is -4.46. The fraction of sp³-hybridized carbons (Fsp3) is 0.318. The molecule has 2 aromatic heterocycles. The van der Waals surface area contributed by atoms with E-state index >= 15 is 0 Å². The molecule has 2 aliphatic rings. The third kappa shape index (κ3) is 3.44. The summed E-state index contributed by atoms with van der Waals surface area (Å²) in [7, 11) is 0. The Balaban J connectivity index is 1.40. The first-order valence-corrected chi connectivity index (χ1v) is 10.0. The predicted octanol–water partition coefficient (Wildman–Crippen LogP) is 4.03. The average Bonchev–Trinajstić information content (AvgIpc) is 3.43. The molecule has 1 atom stereocenters. The van der Waals surface area contributed by atoms with Crippen molar-refractivity contribution in [3.05, 3.63) is 64.2 Å². The molecular formula is C22H18F4N4O2. The number of rotatable bonds is 2. The van der Waals surface area contributed by atoms with Crippen LogP contribution in [0.5, 0.6) is 0 Å². The van der Waals surface area contributed by atoms with E-state index in [1.165, 1.54) is 23.1 Å². The zero-order valence-electron chi connectivity index (χ0n) is 16.7. The summed E-state index contributed by atoms with van der Waals surface area (Å²) in [5.41, 5.74) is 7.40. The maximum Gasteiger partial charge on any atom is 0.417 e. The number of halogens is 4. The number of nitrogens with zero attached hydrogens (tertiary/aromatic N) is 3. The van der Waals surface area contributed by atoms with E-state index < -0.39 is 23.5 Å². The quantitative estimate of drug-likeness (QED) is 0.602. The Kier molecular flexibility index (Phi) is 4.77. The largest absolute Gasteiger partial charge is 0.417 e. The molecule has 1 saturated heterocycles. The molecule has 2 N–H and O–H groups in total. The van der Waals surface area contributed by atoms with Gasteiger partial charge >= 0.3 is 6.18 Å². The fourth-order valence-electron chi connectivity index (χ4n) is 4.33. The molecule has 0 saturated carbocycles. The molecule has 10 heteroatoms. The molecule has 0 aliphatic carbocycles. The number of carbonyl (C=O) groups excluding carboxylic acids is 1. The fourth-order valence-corrected chi connectivity index (χ4v) is 4.33. The highest BCUT2D eigenvalue weighted by Crippen LogP contribution is 2.34. The Morgan fingerprint density at radius 1 is 1.19 bits per heavy atom. The number of likely N-dealkylation sites (tertiary alicyclic amines) is 1. The van der Waals surface area contributed by atoms with Gasteiger partial charge in [0.1, 0.15) is 11.6 Å². The number of aromatic nitrogens is 2. The molecule has 0 bridgehead atoms. The van der Waals surface area contributed by atoms with E-state index in [1.807, 2.05) is 0 Å². The second-order valence-electron chi connectivity index (χ2n) is 8.00. The van der Waals surface area contributed by atoms with Gasteiger partial charge in [0.15, 0.2) is 0 Å². The van der Waals surface area contributed by atoms with Crippen LogP contribution in [-0.2, 0) is 24.1 Å². The maximum atomic E-state index is 14.8. The Morgan fingerprint density at radius 3 is 2.69 bits per heavy atom. The van der Waals surface area contributed by atoms with Crippen LogP contribution in [-0.4, -0.2) is 33.9 Å². The molecule has 0 spiro atoms. The van der Waals surface area contributed by atoms with Crippen LogP contribution >= 0.6 is 0 Å². The third-order valence-electron chi connectivity index (χ3n) is 6.06. The standard InChI is InChI=1S/C22H18F4N4O2/c23-17-6-19-13(15-9-32-10-16(15)20(27)29-19)5-14(17)21(31)30-4-3-11(8-30)18-2-1-12(7-28-18)22(24,25)26/h1-2,5-7,11H,3-4,8-10H2,(H2,27,29)/t11-/m1/s1. The topological polar surface area (TPSA) is 81.3 Å². The van der Waals surface area contributed by atoms with E-state index in [1.54, 1.807) is 0 Å². The van der Waals surface area contributed by atoms with Gasteiger partial charge in [-0.15, -0.1) is 0 Å². The smallest absolute Gasteiger partial charge is 0.383 e. The minimum Gasteiger partial charge on any atom is -0.383 e. The first kappa shape index (κ1) is 20.6. The Bertz CT molecular complexity index is 1230. The first-order chi connectivity index (χ1) is 15.2. The van der Waals surface area contributed by atoms with Gasteiger partial charge in [0.05, 0.1) is 29.9 Å². The average molecular weight is 446 g/mol. The van der Waals surface area contributed by atoms with Crippen molar-refractivity contribution < 1.29 is 27.1 Å². The van der Waals surface area contributed by atoms with Crippen molar-refractivity contribution in [2.24, 2.45) is 0 Å². The van der Waals surface area contributed by atoms with Gasteiger partial charge in [-0.25, -0.2) is 9.37 Å². The lowest BCUT2D eigenvalue weighted by atomic mass is 10.0. The van der Waals surface area contributed by atoms with Crippen LogP contribution in [0.15, 0.2) is 30.5 Å². The molecule has 6 nitrogen and oxygen atoms in total. The summed E-state index contributed by atoms with van der Waals surface area (Å²) in [6.07, 6.45) is -3.13. The molecule has 0 unspecified atom stereocenters. The minimum absolute atomic E-state index is 0.0841. The van der Waals surface area contributed by atoms with Crippen LogP contribution in [0.1, 0.15) is 45.1 Å². The number of alkyl halides is 3. The van der Waals surface area contributed by atoms with E-state index in [0.717, 1.165) is 23.4 Å². The molecule has 1 amide bonds. The lowest BCUT2D eigenvalue weighted by Crippen LogP contribution is -2.29. The van der Waals surface area contributed by atoms with Crippen LogP contribution in [0.2, 0.25) is 0 Å². The van der Waals surface area contributed by atoms with Crippen molar-refractivity contribution in [2.45, 2.75) is 31.7 Å². The van der Waals surface area contributed by atoms with Gasteiger partial charge < -0.3 is 15.4 Å². The van der Waals surface area contributed by atoms with Crippen molar-refractivity contribution in [3.63, 3.8) is 0 Å². The maximum absolute atomic E-state index is 14.8. The molecule has 5 rings (SSSR count). The molecule has 32 heavy (non-hydrogen) atoms. The van der Waals surface area contributed by atoms with Gasteiger partial charge in [0.2, 0.25) is 0 Å². The highest BCUT2D eigenvalue weighted by Gasteiger charge is 2.33. The van der Waals surface area contributed by atoms with Gasteiger partial charge in [-0.1, -0.05) is 0 Å². The molecule has 2 aliphatic heterocycles. The highest BCUT2D eigenvalue weighted by atomic mass is 19.4. The predicted molar refractivity (Wildman–Crippen MR) is 107 cm³/mol. The van der Waals surface area contributed by atoms with Crippen molar-refractivity contribution in [1.82, 2.24) is 14.9 Å². The van der Waals surface area contributed by atoms with Crippen molar-refractivity contribution in [2.75, 3.05) is 18.8 Å². The number of fused-ring (bicyclic) bond motifs is 3. The molecule has 1 fully saturated rings. The Morgan fingerprint density at radius 2 is 1.97 bits per heavy atom. The summed E-state index contributed by atoms with van der Waals surface area (Å²) in [4.78, 5) is 22.7. The summed E-state index contributed by atoms with van der Waals surface area (Å²) >= 11 is 0. The van der Waals surface area contributed by atoms with Crippen molar-refractivity contribution in [3.8, 4) is 0 Å². The van der Waals surface area contributed by atoms with Gasteiger partial charge in [0.25, 0.3) is 5.91 Å². The highest BCUT2D eigenvalue weighted by molar-refractivity contribution is 5.99. The van der Waals surface area contributed by atoms with Gasteiger partial charge in [-0.05, 0) is 30.2 Å². The number of amides is 1. The van der Waals surface area contributed by atoms with E-state index in [0.29, 0.717) is 42.8 Å². The molecule has 4 heterocycles. The summed E-state index contributed by atoms with van der Waals surface area (Å²) in [5.74, 6) is -1.12. The zero-order valence-corrected chi connectivity index (χ0v) is 16.7. The second kappa shape index (κ2) is 7.40. The molecular weight excluding hydrogens is 428 g/mol. The molecule has 1 aromatic carbocycles. The van der Waals surface area contributed by atoms with Crippen LogP contribution in [0.3, 0.4) is 0 Å². The molecule has 166 valence electrons. The number of carbonyl (C=O) groups is 1. The number of hydrogen-bond acceptors (Lipinski definition) is 5. The third-order valence-corrected chi connectivity index (χ3v) is 6.06. The lowest BCUT2D eigenvalue weighted by Gasteiger charge is -2.18. The number of nitrogens with two attached hydrogens (primary N) is 1. The molecule has 0 radical (unpaired) electrons. The monoisotopic (exact) mass is 446 g/mol.